The molecule has 1 heterocycles. The predicted molar refractivity (Wildman–Crippen MR) is 115 cm³/mol. The van der Waals surface area contributed by atoms with Gasteiger partial charge >= 0.3 is 0 Å². The van der Waals surface area contributed by atoms with Gasteiger partial charge in [0.1, 0.15) is 0 Å². The van der Waals surface area contributed by atoms with Crippen LogP contribution in [0.4, 0.5) is 5.69 Å². The van der Waals surface area contributed by atoms with Gasteiger partial charge in [0.05, 0.1) is 49.9 Å². The van der Waals surface area contributed by atoms with E-state index in [0.29, 0.717) is 24.3 Å². The molecule has 7 heteroatoms. The van der Waals surface area contributed by atoms with Crippen LogP contribution in [0.5, 0.6) is 0 Å². The smallest absolute Gasteiger partial charge is 0.264 e. The topological polar surface area (TPSA) is 62.1 Å². The molecule has 1 fully saturated rings. The van der Waals surface area contributed by atoms with Gasteiger partial charge in [-0.2, -0.15) is 0 Å². The van der Waals surface area contributed by atoms with Crippen LogP contribution in [0.15, 0.2) is 72.1 Å². The molecule has 6 nitrogen and oxygen atoms in total. The van der Waals surface area contributed by atoms with E-state index < -0.39 is 10.0 Å². The number of carbonyl (C=O) groups excluding carboxylic acids is 1. The highest BCUT2D eigenvalue weighted by Crippen LogP contribution is 2.24. The second kappa shape index (κ2) is 9.24. The van der Waals surface area contributed by atoms with Gasteiger partial charge in [-0.3, -0.25) is 9.10 Å². The highest BCUT2D eigenvalue weighted by Gasteiger charge is 2.27. The molecule has 0 atom stereocenters. The average molecular weight is 415 g/mol. The lowest BCUT2D eigenvalue weighted by Crippen LogP contribution is -3.14. The summed E-state index contributed by atoms with van der Waals surface area (Å²) in [5.74, 6) is -0.118. The number of benzene rings is 2. The van der Waals surface area contributed by atoms with Crippen molar-refractivity contribution >= 4 is 21.6 Å². The summed E-state index contributed by atoms with van der Waals surface area (Å²) in [6, 6.07) is 15.2. The monoisotopic (exact) mass is 414 g/mol. The van der Waals surface area contributed by atoms with Gasteiger partial charge in [0, 0.05) is 5.56 Å². The third-order valence-corrected chi connectivity index (χ3v) is 7.06. The zero-order chi connectivity index (χ0) is 20.9. The van der Waals surface area contributed by atoms with Crippen molar-refractivity contribution < 1.29 is 18.1 Å². The van der Waals surface area contributed by atoms with E-state index in [1.807, 2.05) is 11.0 Å². The molecule has 1 aliphatic rings. The van der Waals surface area contributed by atoms with E-state index in [2.05, 4.69) is 13.5 Å². The number of carbonyl (C=O) groups is 1. The Hall–Kier alpha value is -2.64. The van der Waals surface area contributed by atoms with E-state index in [9.17, 15) is 13.2 Å². The molecule has 0 saturated carbocycles. The molecule has 29 heavy (non-hydrogen) atoms. The Morgan fingerprint density at radius 1 is 1.14 bits per heavy atom. The van der Waals surface area contributed by atoms with Crippen LogP contribution in [0.2, 0.25) is 0 Å². The van der Waals surface area contributed by atoms with Crippen molar-refractivity contribution in [1.82, 2.24) is 4.90 Å². The van der Waals surface area contributed by atoms with Crippen molar-refractivity contribution in [2.24, 2.45) is 0 Å². The zero-order valence-corrected chi connectivity index (χ0v) is 17.6. The molecule has 0 unspecified atom stereocenters. The number of likely N-dealkylation sites (N-methyl/N-ethyl adjacent to an activating group) is 1. The number of para-hydroxylation sites is 1. The van der Waals surface area contributed by atoms with Gasteiger partial charge in [0.15, 0.2) is 0 Å². The molecule has 2 aromatic carbocycles. The zero-order valence-electron chi connectivity index (χ0n) is 16.8. The first kappa shape index (κ1) is 21.1. The molecule has 0 aromatic heterocycles. The van der Waals surface area contributed by atoms with E-state index >= 15 is 0 Å². The van der Waals surface area contributed by atoms with Crippen molar-refractivity contribution in [3.05, 3.63) is 72.8 Å². The molecule has 0 spiro atoms. The normalized spacial score (nSPS) is 15.1. The Bertz CT molecular complexity index is 952. The fraction of sp³-hybridized carbons (Fsp3) is 0.318. The fourth-order valence-corrected chi connectivity index (χ4v) is 5.01. The van der Waals surface area contributed by atoms with Gasteiger partial charge in [-0.05, 0) is 37.3 Å². The minimum Gasteiger partial charge on any atom is -0.332 e. The summed E-state index contributed by atoms with van der Waals surface area (Å²) in [6.45, 7) is 10.2. The first-order chi connectivity index (χ1) is 14.0. The molecule has 2 aromatic rings. The van der Waals surface area contributed by atoms with Crippen LogP contribution in [0.1, 0.15) is 17.3 Å². The van der Waals surface area contributed by atoms with Crippen LogP contribution in [-0.4, -0.2) is 58.5 Å². The van der Waals surface area contributed by atoms with Crippen LogP contribution in [0.25, 0.3) is 0 Å². The van der Waals surface area contributed by atoms with Crippen molar-refractivity contribution in [2.75, 3.05) is 43.6 Å². The molecular formula is C22H28N3O3S+. The first-order valence-electron chi connectivity index (χ1n) is 9.89. The number of amides is 1. The molecule has 0 bridgehead atoms. The van der Waals surface area contributed by atoms with Crippen LogP contribution in [0, 0.1) is 0 Å². The van der Waals surface area contributed by atoms with Crippen LogP contribution in [-0.2, 0) is 10.0 Å². The molecule has 0 aliphatic carbocycles. The molecule has 1 aliphatic heterocycles. The number of nitrogens with one attached hydrogen (secondary N) is 1. The average Bonchev–Trinajstić information content (AvgIpc) is 2.77. The quantitative estimate of drug-likeness (QED) is 0.698. The van der Waals surface area contributed by atoms with Crippen molar-refractivity contribution in [3.63, 3.8) is 0 Å². The standard InChI is InChI=1S/C22H27N3O3S/c1-3-13-25(20-10-6-5-7-11-20)29(27,28)21-12-8-9-19(18-21)22(26)24-16-14-23(4-2)15-17-24/h3,5-12,18H,1,4,13-17H2,2H3/p+1. The lowest BCUT2D eigenvalue weighted by atomic mass is 10.2. The maximum absolute atomic E-state index is 13.3. The molecule has 1 amide bonds. The van der Waals surface area contributed by atoms with E-state index in [-0.39, 0.29) is 17.3 Å². The summed E-state index contributed by atoms with van der Waals surface area (Å²) < 4.78 is 27.9. The maximum atomic E-state index is 13.3. The van der Waals surface area contributed by atoms with E-state index in [0.717, 1.165) is 19.6 Å². The van der Waals surface area contributed by atoms with Crippen molar-refractivity contribution in [3.8, 4) is 0 Å². The summed E-state index contributed by atoms with van der Waals surface area (Å²) in [6.07, 6.45) is 1.55. The summed E-state index contributed by atoms with van der Waals surface area (Å²) in [7, 11) is -3.83. The third-order valence-electron chi connectivity index (χ3n) is 5.27. The number of anilines is 1. The van der Waals surface area contributed by atoms with Gasteiger partial charge in [-0.1, -0.05) is 30.3 Å². The van der Waals surface area contributed by atoms with Gasteiger partial charge in [0.2, 0.25) is 0 Å². The molecular weight excluding hydrogens is 386 g/mol. The second-order valence-corrected chi connectivity index (χ2v) is 8.95. The predicted octanol–water partition coefficient (Wildman–Crippen LogP) is 1.43. The number of rotatable bonds is 7. The van der Waals surface area contributed by atoms with Crippen molar-refractivity contribution in [2.45, 2.75) is 11.8 Å². The van der Waals surface area contributed by atoms with E-state index in [1.54, 1.807) is 42.5 Å². The Kier molecular flexibility index (Phi) is 6.71. The summed E-state index contributed by atoms with van der Waals surface area (Å²) in [5.41, 5.74) is 0.959. The third kappa shape index (κ3) is 4.68. The van der Waals surface area contributed by atoms with Crippen LogP contribution >= 0.6 is 0 Å². The summed E-state index contributed by atoms with van der Waals surface area (Å²) in [4.78, 5) is 16.3. The molecule has 3 rings (SSSR count). The Morgan fingerprint density at radius 3 is 2.45 bits per heavy atom. The Labute approximate surface area is 173 Å². The van der Waals surface area contributed by atoms with Gasteiger partial charge in [0.25, 0.3) is 15.9 Å². The van der Waals surface area contributed by atoms with Crippen molar-refractivity contribution in [1.29, 1.82) is 0 Å². The number of quaternary nitrogens is 1. The van der Waals surface area contributed by atoms with Crippen LogP contribution in [0.3, 0.4) is 0 Å². The molecule has 154 valence electrons. The number of piperazine rings is 1. The van der Waals surface area contributed by atoms with Crippen LogP contribution < -0.4 is 9.21 Å². The highest BCUT2D eigenvalue weighted by atomic mass is 32.2. The largest absolute Gasteiger partial charge is 0.332 e. The lowest BCUT2D eigenvalue weighted by molar-refractivity contribution is -0.902. The molecule has 0 radical (unpaired) electrons. The number of nitrogens with zero attached hydrogens (tertiary/aromatic N) is 2. The fourth-order valence-electron chi connectivity index (χ4n) is 3.53. The van der Waals surface area contributed by atoms with Gasteiger partial charge in [-0.15, -0.1) is 6.58 Å². The Morgan fingerprint density at radius 2 is 1.83 bits per heavy atom. The number of sulfonamides is 1. The maximum Gasteiger partial charge on any atom is 0.264 e. The summed E-state index contributed by atoms with van der Waals surface area (Å²) >= 11 is 0. The number of hydrogen-bond donors (Lipinski definition) is 1. The second-order valence-electron chi connectivity index (χ2n) is 7.08. The van der Waals surface area contributed by atoms with Gasteiger partial charge < -0.3 is 9.80 Å². The Balaban J connectivity index is 1.87. The summed E-state index contributed by atoms with van der Waals surface area (Å²) in [5, 5.41) is 0. The lowest BCUT2D eigenvalue weighted by Gasteiger charge is -2.31. The molecule has 1 N–H and O–H groups in total. The minimum absolute atomic E-state index is 0.104. The first-order valence-corrected chi connectivity index (χ1v) is 11.3. The minimum atomic E-state index is -3.83. The number of hydrogen-bond acceptors (Lipinski definition) is 3. The van der Waals surface area contributed by atoms with Gasteiger partial charge in [-0.25, -0.2) is 8.42 Å². The highest BCUT2D eigenvalue weighted by molar-refractivity contribution is 7.92. The van der Waals surface area contributed by atoms with E-state index in [1.165, 1.54) is 21.3 Å². The molecule has 1 saturated heterocycles. The van der Waals surface area contributed by atoms with E-state index in [4.69, 9.17) is 0 Å². The SMILES string of the molecule is C=CCN(c1ccccc1)S(=O)(=O)c1cccc(C(=O)N2CC[NH+](CC)CC2)c1.